The van der Waals surface area contributed by atoms with E-state index < -0.39 is 11.7 Å². The number of halogens is 1. The van der Waals surface area contributed by atoms with Gasteiger partial charge in [-0.2, -0.15) is 0 Å². The van der Waals surface area contributed by atoms with E-state index in [0.717, 1.165) is 22.5 Å². The molecule has 9 nitrogen and oxygen atoms in total. The van der Waals surface area contributed by atoms with Crippen molar-refractivity contribution in [3.8, 4) is 17.0 Å². The average molecular weight is 379 g/mol. The van der Waals surface area contributed by atoms with Crippen LogP contribution < -0.4 is 15.8 Å². The molecule has 0 aliphatic rings. The lowest BCUT2D eigenvalue weighted by Crippen LogP contribution is -2.14. The van der Waals surface area contributed by atoms with Crippen LogP contribution in [0, 0.1) is 5.82 Å². The van der Waals surface area contributed by atoms with Crippen molar-refractivity contribution in [3.05, 3.63) is 60.6 Å². The van der Waals surface area contributed by atoms with Crippen LogP contribution in [0.2, 0.25) is 0 Å². The van der Waals surface area contributed by atoms with Crippen molar-refractivity contribution >= 4 is 23.1 Å². The zero-order chi connectivity index (χ0) is 19.7. The number of aromatic nitrogens is 5. The molecule has 4 aromatic heterocycles. The molecule has 0 spiro atoms. The molecule has 0 saturated carbocycles. The third-order valence-corrected chi connectivity index (χ3v) is 4.02. The van der Waals surface area contributed by atoms with Crippen LogP contribution in [0.4, 0.5) is 15.9 Å². The van der Waals surface area contributed by atoms with E-state index in [0.29, 0.717) is 17.1 Å². The molecule has 140 valence electrons. The highest BCUT2D eigenvalue weighted by Gasteiger charge is 2.21. The van der Waals surface area contributed by atoms with Gasteiger partial charge in [-0.3, -0.25) is 9.78 Å². The quantitative estimate of drug-likeness (QED) is 0.557. The summed E-state index contributed by atoms with van der Waals surface area (Å²) in [5, 5.41) is 6.69. The lowest BCUT2D eigenvalue weighted by molar-refractivity contribution is 0.102. The molecule has 28 heavy (non-hydrogen) atoms. The van der Waals surface area contributed by atoms with Crippen LogP contribution in [0.3, 0.4) is 0 Å². The van der Waals surface area contributed by atoms with E-state index in [4.69, 9.17) is 10.5 Å². The van der Waals surface area contributed by atoms with E-state index in [1.807, 2.05) is 6.07 Å². The summed E-state index contributed by atoms with van der Waals surface area (Å²) >= 11 is 0. The van der Waals surface area contributed by atoms with Crippen molar-refractivity contribution < 1.29 is 13.9 Å². The summed E-state index contributed by atoms with van der Waals surface area (Å²) in [6, 6.07) is 5.26. The number of hydrogen-bond acceptors (Lipinski definition) is 7. The zero-order valence-corrected chi connectivity index (χ0v) is 14.6. The molecule has 0 aromatic carbocycles. The standard InChI is InChI=1S/C18H14FN7O2/c1-28-14-3-2-10(6-22-14)12-4-5-21-8-13(12)24-18(27)15-16(20)25-26-9-11(19)7-23-17(15)26/h2-9H,1H3,(H2,20,25)(H,24,27). The fourth-order valence-electron chi connectivity index (χ4n) is 2.74. The number of amides is 1. The number of pyridine rings is 2. The summed E-state index contributed by atoms with van der Waals surface area (Å²) in [6.45, 7) is 0. The first-order chi connectivity index (χ1) is 13.6. The van der Waals surface area contributed by atoms with Crippen molar-refractivity contribution in [2.24, 2.45) is 0 Å². The number of anilines is 2. The van der Waals surface area contributed by atoms with Gasteiger partial charge in [0.15, 0.2) is 17.3 Å². The molecule has 0 bridgehead atoms. The van der Waals surface area contributed by atoms with Gasteiger partial charge >= 0.3 is 0 Å². The Hall–Kier alpha value is -4.08. The van der Waals surface area contributed by atoms with Crippen molar-refractivity contribution in [1.82, 2.24) is 24.6 Å². The number of carbonyl (C=O) groups is 1. The maximum absolute atomic E-state index is 13.3. The minimum Gasteiger partial charge on any atom is -0.481 e. The number of nitrogens with one attached hydrogen (secondary N) is 1. The van der Waals surface area contributed by atoms with Gasteiger partial charge in [0, 0.05) is 29.6 Å². The maximum atomic E-state index is 13.3. The summed E-state index contributed by atoms with van der Waals surface area (Å²) in [5.74, 6) is -0.723. The summed E-state index contributed by atoms with van der Waals surface area (Å²) < 4.78 is 19.5. The van der Waals surface area contributed by atoms with E-state index in [-0.39, 0.29) is 17.0 Å². The minimum absolute atomic E-state index is 0.0441. The van der Waals surface area contributed by atoms with Crippen molar-refractivity contribution in [2.75, 3.05) is 18.2 Å². The number of hydrogen-bond donors (Lipinski definition) is 2. The fourth-order valence-corrected chi connectivity index (χ4v) is 2.74. The second-order valence-electron chi connectivity index (χ2n) is 5.77. The molecule has 4 heterocycles. The molecule has 0 atom stereocenters. The second-order valence-corrected chi connectivity index (χ2v) is 5.77. The Balaban J connectivity index is 1.70. The van der Waals surface area contributed by atoms with Gasteiger partial charge in [-0.25, -0.2) is 18.9 Å². The number of fused-ring (bicyclic) bond motifs is 1. The van der Waals surface area contributed by atoms with Crippen LogP contribution in [0.25, 0.3) is 16.8 Å². The Morgan fingerprint density at radius 2 is 2.07 bits per heavy atom. The van der Waals surface area contributed by atoms with Gasteiger partial charge in [0.05, 0.1) is 31.4 Å². The van der Waals surface area contributed by atoms with Crippen LogP contribution in [-0.2, 0) is 0 Å². The van der Waals surface area contributed by atoms with Crippen LogP contribution in [0.5, 0.6) is 5.88 Å². The van der Waals surface area contributed by atoms with Crippen molar-refractivity contribution in [2.45, 2.75) is 0 Å². The SMILES string of the molecule is COc1ccc(-c2ccncc2NC(=O)c2c(N)nn3cc(F)cnc23)cn1. The second kappa shape index (κ2) is 6.91. The fraction of sp³-hybridized carbons (Fsp3) is 0.0556. The molecule has 10 heteroatoms. The van der Waals surface area contributed by atoms with Crippen molar-refractivity contribution in [1.29, 1.82) is 0 Å². The summed E-state index contributed by atoms with van der Waals surface area (Å²) in [5.41, 5.74) is 7.94. The number of nitrogen functional groups attached to an aromatic ring is 1. The lowest BCUT2D eigenvalue weighted by atomic mass is 10.1. The molecule has 0 aliphatic heterocycles. The van der Waals surface area contributed by atoms with Gasteiger partial charge in [0.1, 0.15) is 5.56 Å². The van der Waals surface area contributed by atoms with E-state index in [1.54, 1.807) is 24.5 Å². The first-order valence-electron chi connectivity index (χ1n) is 8.12. The van der Waals surface area contributed by atoms with Gasteiger partial charge in [-0.1, -0.05) is 0 Å². The average Bonchev–Trinajstić information content (AvgIpc) is 3.03. The van der Waals surface area contributed by atoms with E-state index in [1.165, 1.54) is 13.3 Å². The van der Waals surface area contributed by atoms with Gasteiger partial charge in [-0.15, -0.1) is 5.10 Å². The van der Waals surface area contributed by atoms with Gasteiger partial charge < -0.3 is 15.8 Å². The summed E-state index contributed by atoms with van der Waals surface area (Å²) in [6.07, 6.45) is 6.81. The Labute approximate surface area is 158 Å². The van der Waals surface area contributed by atoms with Gasteiger partial charge in [0.2, 0.25) is 5.88 Å². The number of ether oxygens (including phenoxy) is 1. The predicted molar refractivity (Wildman–Crippen MR) is 99.3 cm³/mol. The molecule has 0 aliphatic carbocycles. The topological polar surface area (TPSA) is 120 Å². The highest BCUT2D eigenvalue weighted by Crippen LogP contribution is 2.28. The van der Waals surface area contributed by atoms with Crippen LogP contribution in [0.1, 0.15) is 10.4 Å². The Bertz CT molecular complexity index is 1170. The first-order valence-corrected chi connectivity index (χ1v) is 8.12. The number of nitrogens with zero attached hydrogens (tertiary/aromatic N) is 5. The number of carbonyl (C=O) groups excluding carboxylic acids is 1. The number of nitrogens with two attached hydrogens (primary N) is 1. The van der Waals surface area contributed by atoms with Crippen LogP contribution in [-0.4, -0.2) is 37.6 Å². The lowest BCUT2D eigenvalue weighted by Gasteiger charge is -2.10. The first kappa shape index (κ1) is 17.3. The Morgan fingerprint density at radius 3 is 2.82 bits per heavy atom. The zero-order valence-electron chi connectivity index (χ0n) is 14.6. The Morgan fingerprint density at radius 1 is 1.21 bits per heavy atom. The molecule has 0 unspecified atom stereocenters. The molecule has 1 amide bonds. The smallest absolute Gasteiger partial charge is 0.263 e. The highest BCUT2D eigenvalue weighted by atomic mass is 19.1. The Kier molecular flexibility index (Phi) is 4.28. The van der Waals surface area contributed by atoms with Crippen LogP contribution in [0.15, 0.2) is 49.2 Å². The normalized spacial score (nSPS) is 10.8. The third kappa shape index (κ3) is 3.07. The monoisotopic (exact) mass is 379 g/mol. The summed E-state index contributed by atoms with van der Waals surface area (Å²) in [4.78, 5) is 25.0. The predicted octanol–water partition coefficient (Wildman–Crippen LogP) is 2.17. The molecule has 4 aromatic rings. The van der Waals surface area contributed by atoms with Gasteiger partial charge in [-0.05, 0) is 12.1 Å². The van der Waals surface area contributed by atoms with E-state index >= 15 is 0 Å². The maximum Gasteiger partial charge on any atom is 0.263 e. The van der Waals surface area contributed by atoms with Crippen LogP contribution >= 0.6 is 0 Å². The highest BCUT2D eigenvalue weighted by molar-refractivity contribution is 6.12. The number of rotatable bonds is 4. The van der Waals surface area contributed by atoms with E-state index in [2.05, 4.69) is 25.4 Å². The minimum atomic E-state index is -0.594. The third-order valence-electron chi connectivity index (χ3n) is 4.02. The van der Waals surface area contributed by atoms with Crippen molar-refractivity contribution in [3.63, 3.8) is 0 Å². The summed E-state index contributed by atoms with van der Waals surface area (Å²) in [7, 11) is 1.53. The molecular weight excluding hydrogens is 365 g/mol. The van der Waals surface area contributed by atoms with E-state index in [9.17, 15) is 9.18 Å². The largest absolute Gasteiger partial charge is 0.481 e. The van der Waals surface area contributed by atoms with Gasteiger partial charge in [0.25, 0.3) is 5.91 Å². The molecule has 0 fully saturated rings. The molecule has 0 saturated heterocycles. The molecular formula is C18H14FN7O2. The number of methoxy groups -OCH3 is 1. The molecule has 4 rings (SSSR count). The molecule has 0 radical (unpaired) electrons. The molecule has 3 N–H and O–H groups in total.